The van der Waals surface area contributed by atoms with E-state index >= 15 is 0 Å². The van der Waals surface area contributed by atoms with Crippen molar-refractivity contribution in [2.24, 2.45) is 5.73 Å². The van der Waals surface area contributed by atoms with Crippen molar-refractivity contribution in [3.8, 4) is 12.3 Å². The van der Waals surface area contributed by atoms with Gasteiger partial charge in [-0.2, -0.15) is 0 Å². The summed E-state index contributed by atoms with van der Waals surface area (Å²) in [5.74, 6) is 2.37. The smallest absolute Gasteiger partial charge is 0.0921 e. The van der Waals surface area contributed by atoms with Crippen molar-refractivity contribution in [2.45, 2.75) is 6.04 Å². The van der Waals surface area contributed by atoms with Crippen LogP contribution in [0.2, 0.25) is 0 Å². The summed E-state index contributed by atoms with van der Waals surface area (Å²) in [6.07, 6.45) is 5.01. The van der Waals surface area contributed by atoms with Crippen molar-refractivity contribution in [3.63, 3.8) is 0 Å². The largest absolute Gasteiger partial charge is 0.394 e. The molecule has 0 aromatic rings. The van der Waals surface area contributed by atoms with Gasteiger partial charge >= 0.3 is 0 Å². The molecule has 0 aliphatic carbocycles. The van der Waals surface area contributed by atoms with E-state index in [9.17, 15) is 0 Å². The van der Waals surface area contributed by atoms with Crippen LogP contribution in [-0.2, 0) is 0 Å². The summed E-state index contributed by atoms with van der Waals surface area (Å²) < 4.78 is 0. The molecule has 3 heteroatoms. The van der Waals surface area contributed by atoms with E-state index in [-0.39, 0.29) is 12.6 Å². The molecule has 1 unspecified atom stereocenters. The van der Waals surface area contributed by atoms with E-state index in [4.69, 9.17) is 17.3 Å². The summed E-state index contributed by atoms with van der Waals surface area (Å²) in [5, 5.41) is 11.4. The van der Waals surface area contributed by atoms with Gasteiger partial charge < -0.3 is 16.2 Å². The van der Waals surface area contributed by atoms with E-state index in [1.165, 1.54) is 0 Å². The van der Waals surface area contributed by atoms with Gasteiger partial charge in [0.1, 0.15) is 0 Å². The van der Waals surface area contributed by atoms with Crippen LogP contribution in [0, 0.1) is 12.3 Å². The minimum absolute atomic E-state index is 0.0312. The first-order valence-corrected chi connectivity index (χ1v) is 2.85. The maximum absolute atomic E-state index is 8.51. The minimum Gasteiger partial charge on any atom is -0.394 e. The van der Waals surface area contributed by atoms with Crippen molar-refractivity contribution in [1.82, 2.24) is 5.32 Å². The van der Waals surface area contributed by atoms with Gasteiger partial charge in [-0.3, -0.25) is 0 Å². The standard InChI is InChI=1S/C6H12N2O/c1-2-6(5-9)8-4-3-7/h1,6,8-9H,3-5,7H2. The zero-order valence-corrected chi connectivity index (χ0v) is 5.30. The summed E-state index contributed by atoms with van der Waals surface area (Å²) in [4.78, 5) is 0. The molecule has 0 bridgehead atoms. The Hall–Kier alpha value is -0.560. The highest BCUT2D eigenvalue weighted by Gasteiger charge is 1.97. The number of nitrogens with one attached hydrogen (secondary N) is 1. The Bertz CT molecular complexity index is 97.7. The SMILES string of the molecule is C#CC(CO)NCCN. The fraction of sp³-hybridized carbons (Fsp3) is 0.667. The Morgan fingerprint density at radius 1 is 1.78 bits per heavy atom. The molecule has 0 rings (SSSR count). The molecular weight excluding hydrogens is 116 g/mol. The van der Waals surface area contributed by atoms with Crippen molar-refractivity contribution in [1.29, 1.82) is 0 Å². The molecule has 0 aromatic heterocycles. The quantitative estimate of drug-likeness (QED) is 0.405. The van der Waals surface area contributed by atoms with E-state index in [0.29, 0.717) is 13.1 Å². The number of aliphatic hydroxyl groups excluding tert-OH is 1. The molecule has 3 nitrogen and oxygen atoms in total. The molecule has 0 spiro atoms. The predicted molar refractivity (Wildman–Crippen MR) is 36.8 cm³/mol. The molecule has 4 N–H and O–H groups in total. The first-order valence-electron chi connectivity index (χ1n) is 2.85. The number of hydrogen-bond donors (Lipinski definition) is 3. The van der Waals surface area contributed by atoms with Gasteiger partial charge in [0.2, 0.25) is 0 Å². The number of nitrogens with two attached hydrogens (primary N) is 1. The van der Waals surface area contributed by atoms with Crippen LogP contribution in [-0.4, -0.2) is 30.8 Å². The van der Waals surface area contributed by atoms with Crippen molar-refractivity contribution in [3.05, 3.63) is 0 Å². The third kappa shape index (κ3) is 3.98. The first-order chi connectivity index (χ1) is 4.35. The van der Waals surface area contributed by atoms with Crippen LogP contribution in [0.1, 0.15) is 0 Å². The molecular formula is C6H12N2O. The van der Waals surface area contributed by atoms with Crippen LogP contribution >= 0.6 is 0 Å². The zero-order valence-electron chi connectivity index (χ0n) is 5.30. The molecule has 52 valence electrons. The third-order valence-electron chi connectivity index (χ3n) is 0.919. The Kier molecular flexibility index (Phi) is 5.23. The number of hydrogen-bond acceptors (Lipinski definition) is 3. The average Bonchev–Trinajstić information content (AvgIpc) is 1.91. The van der Waals surface area contributed by atoms with Gasteiger partial charge in [-0.05, 0) is 0 Å². The second kappa shape index (κ2) is 5.57. The van der Waals surface area contributed by atoms with E-state index in [0.717, 1.165) is 0 Å². The maximum atomic E-state index is 8.51. The second-order valence-corrected chi connectivity index (χ2v) is 1.64. The molecule has 0 heterocycles. The van der Waals surface area contributed by atoms with Gasteiger partial charge in [0.25, 0.3) is 0 Å². The summed E-state index contributed by atoms with van der Waals surface area (Å²) in [7, 11) is 0. The highest BCUT2D eigenvalue weighted by Crippen LogP contribution is 1.74. The normalized spacial score (nSPS) is 12.6. The van der Waals surface area contributed by atoms with E-state index < -0.39 is 0 Å². The highest BCUT2D eigenvalue weighted by atomic mass is 16.3. The lowest BCUT2D eigenvalue weighted by atomic mass is 10.3. The fourth-order valence-corrected chi connectivity index (χ4v) is 0.434. The van der Waals surface area contributed by atoms with Crippen LogP contribution in [0.15, 0.2) is 0 Å². The molecule has 0 saturated carbocycles. The van der Waals surface area contributed by atoms with E-state index in [1.54, 1.807) is 0 Å². The molecule has 0 fully saturated rings. The maximum Gasteiger partial charge on any atom is 0.0921 e. The van der Waals surface area contributed by atoms with Crippen LogP contribution in [0.3, 0.4) is 0 Å². The topological polar surface area (TPSA) is 58.3 Å². The predicted octanol–water partition coefficient (Wildman–Crippen LogP) is -1.47. The van der Waals surface area contributed by atoms with Gasteiger partial charge in [-0.25, -0.2) is 0 Å². The minimum atomic E-state index is -0.242. The number of rotatable bonds is 4. The molecule has 0 aromatic carbocycles. The molecule has 0 aliphatic heterocycles. The van der Waals surface area contributed by atoms with Gasteiger partial charge in [0.15, 0.2) is 0 Å². The number of aliphatic hydroxyl groups is 1. The molecule has 0 radical (unpaired) electrons. The van der Waals surface area contributed by atoms with Gasteiger partial charge in [-0.15, -0.1) is 6.42 Å². The first kappa shape index (κ1) is 8.44. The Morgan fingerprint density at radius 2 is 2.44 bits per heavy atom. The van der Waals surface area contributed by atoms with E-state index in [2.05, 4.69) is 11.2 Å². The molecule has 0 aliphatic rings. The summed E-state index contributed by atoms with van der Waals surface area (Å²) >= 11 is 0. The van der Waals surface area contributed by atoms with E-state index in [1.807, 2.05) is 0 Å². The van der Waals surface area contributed by atoms with Crippen molar-refractivity contribution < 1.29 is 5.11 Å². The van der Waals surface area contributed by atoms with Gasteiger partial charge in [0, 0.05) is 13.1 Å². The number of terminal acetylenes is 1. The monoisotopic (exact) mass is 128 g/mol. The Morgan fingerprint density at radius 3 is 2.78 bits per heavy atom. The summed E-state index contributed by atoms with van der Waals surface area (Å²) in [6, 6.07) is -0.242. The van der Waals surface area contributed by atoms with Crippen molar-refractivity contribution >= 4 is 0 Å². The Balaban J connectivity index is 3.23. The average molecular weight is 128 g/mol. The second-order valence-electron chi connectivity index (χ2n) is 1.64. The van der Waals surface area contributed by atoms with Crippen LogP contribution in [0.25, 0.3) is 0 Å². The van der Waals surface area contributed by atoms with Crippen LogP contribution < -0.4 is 11.1 Å². The van der Waals surface area contributed by atoms with Crippen molar-refractivity contribution in [2.75, 3.05) is 19.7 Å². The van der Waals surface area contributed by atoms with Crippen LogP contribution in [0.5, 0.6) is 0 Å². The molecule has 0 saturated heterocycles. The molecule has 9 heavy (non-hydrogen) atoms. The van der Waals surface area contributed by atoms with Gasteiger partial charge in [0.05, 0.1) is 12.6 Å². The third-order valence-corrected chi connectivity index (χ3v) is 0.919. The summed E-state index contributed by atoms with van der Waals surface area (Å²) in [6.45, 7) is 1.16. The fourth-order valence-electron chi connectivity index (χ4n) is 0.434. The summed E-state index contributed by atoms with van der Waals surface area (Å²) in [5.41, 5.74) is 5.17. The molecule has 1 atom stereocenters. The zero-order chi connectivity index (χ0) is 7.11. The lowest BCUT2D eigenvalue weighted by Gasteiger charge is -2.06. The van der Waals surface area contributed by atoms with Gasteiger partial charge in [-0.1, -0.05) is 5.92 Å². The lowest BCUT2D eigenvalue weighted by Crippen LogP contribution is -2.34. The Labute approximate surface area is 55.2 Å². The molecule has 0 amide bonds. The highest BCUT2D eigenvalue weighted by molar-refractivity contribution is 4.98. The lowest BCUT2D eigenvalue weighted by molar-refractivity contribution is 0.269. The van der Waals surface area contributed by atoms with Crippen LogP contribution in [0.4, 0.5) is 0 Å².